The largest absolute Gasteiger partial charge is 0.294 e. The number of hydrogen-bond donors (Lipinski definition) is 0. The molecule has 0 N–H and O–H groups in total. The van der Waals surface area contributed by atoms with Crippen molar-refractivity contribution >= 4 is 25.6 Å². The van der Waals surface area contributed by atoms with Gasteiger partial charge in [0.1, 0.15) is 0 Å². The van der Waals surface area contributed by atoms with E-state index in [1.807, 2.05) is 0 Å². The van der Waals surface area contributed by atoms with Gasteiger partial charge in [0.05, 0.1) is 16.4 Å². The van der Waals surface area contributed by atoms with Crippen molar-refractivity contribution in [3.63, 3.8) is 0 Å². The Morgan fingerprint density at radius 2 is 1.74 bits per heavy atom. The SMILES string of the molecule is CN(C1CCS(=O)(=O)C1)S(=O)(=O)c1ccc(C(=O)C2CC2)cc1. The highest BCUT2D eigenvalue weighted by Crippen LogP contribution is 2.33. The van der Waals surface area contributed by atoms with E-state index in [1.165, 1.54) is 31.3 Å². The quantitative estimate of drug-likeness (QED) is 0.736. The molecule has 3 rings (SSSR count). The van der Waals surface area contributed by atoms with Gasteiger partial charge in [-0.3, -0.25) is 4.79 Å². The molecule has 0 amide bonds. The third-order valence-electron chi connectivity index (χ3n) is 4.49. The molecule has 1 aromatic carbocycles. The van der Waals surface area contributed by atoms with Crippen LogP contribution in [0.15, 0.2) is 29.2 Å². The summed E-state index contributed by atoms with van der Waals surface area (Å²) in [5.41, 5.74) is 0.526. The van der Waals surface area contributed by atoms with Crippen LogP contribution in [-0.4, -0.2) is 51.5 Å². The normalized spacial score (nSPS) is 24.0. The second-order valence-corrected chi connectivity index (χ2v) is 10.5. The second-order valence-electron chi connectivity index (χ2n) is 6.24. The summed E-state index contributed by atoms with van der Waals surface area (Å²) >= 11 is 0. The number of ketones is 1. The summed E-state index contributed by atoms with van der Waals surface area (Å²) in [5.74, 6) is 0.0286. The molecule has 1 atom stereocenters. The summed E-state index contributed by atoms with van der Waals surface area (Å²) < 4.78 is 49.4. The van der Waals surface area contributed by atoms with Gasteiger partial charge in [-0.25, -0.2) is 16.8 Å². The number of carbonyl (C=O) groups excluding carboxylic acids is 1. The number of Topliss-reactive ketones (excluding diaryl/α,β-unsaturated/α-hetero) is 1. The summed E-state index contributed by atoms with van der Waals surface area (Å²) in [7, 11) is -5.51. The first-order chi connectivity index (χ1) is 10.7. The van der Waals surface area contributed by atoms with E-state index in [0.29, 0.717) is 12.0 Å². The lowest BCUT2D eigenvalue weighted by atomic mass is 10.1. The smallest absolute Gasteiger partial charge is 0.243 e. The fraction of sp³-hybridized carbons (Fsp3) is 0.533. The van der Waals surface area contributed by atoms with Gasteiger partial charge in [0.25, 0.3) is 0 Å². The molecule has 2 fully saturated rings. The first-order valence-electron chi connectivity index (χ1n) is 7.53. The van der Waals surface area contributed by atoms with Crippen LogP contribution >= 0.6 is 0 Å². The topological polar surface area (TPSA) is 88.6 Å². The molecule has 1 aromatic rings. The van der Waals surface area contributed by atoms with Crippen LogP contribution in [0.1, 0.15) is 29.6 Å². The van der Waals surface area contributed by atoms with E-state index in [4.69, 9.17) is 0 Å². The number of rotatable bonds is 5. The van der Waals surface area contributed by atoms with Gasteiger partial charge in [-0.1, -0.05) is 12.1 Å². The Morgan fingerprint density at radius 1 is 1.13 bits per heavy atom. The van der Waals surface area contributed by atoms with Crippen LogP contribution in [0.3, 0.4) is 0 Å². The minimum Gasteiger partial charge on any atom is -0.294 e. The highest BCUT2D eigenvalue weighted by Gasteiger charge is 2.36. The lowest BCUT2D eigenvalue weighted by Crippen LogP contribution is -2.37. The van der Waals surface area contributed by atoms with Crippen molar-refractivity contribution in [1.82, 2.24) is 4.31 Å². The van der Waals surface area contributed by atoms with Crippen LogP contribution in [-0.2, 0) is 19.9 Å². The fourth-order valence-corrected chi connectivity index (χ4v) is 6.05. The molecule has 126 valence electrons. The predicted molar refractivity (Wildman–Crippen MR) is 85.5 cm³/mol. The lowest BCUT2D eigenvalue weighted by Gasteiger charge is -2.22. The van der Waals surface area contributed by atoms with Gasteiger partial charge in [0.15, 0.2) is 15.6 Å². The second kappa shape index (κ2) is 5.68. The van der Waals surface area contributed by atoms with Gasteiger partial charge in [-0.15, -0.1) is 0 Å². The standard InChI is InChI=1S/C15H19NO5S2/c1-16(13-8-9-22(18,19)10-13)23(20,21)14-6-4-12(5-7-14)15(17)11-2-3-11/h4-7,11,13H,2-3,8-10H2,1H3. The van der Waals surface area contributed by atoms with E-state index in [2.05, 4.69) is 0 Å². The van der Waals surface area contributed by atoms with Gasteiger partial charge in [0, 0.05) is 24.6 Å². The molecular weight excluding hydrogens is 338 g/mol. The fourth-order valence-electron chi connectivity index (χ4n) is 2.80. The number of sulfonamides is 1. The van der Waals surface area contributed by atoms with Crippen LogP contribution in [0.5, 0.6) is 0 Å². The maximum Gasteiger partial charge on any atom is 0.243 e. The van der Waals surface area contributed by atoms with Crippen LogP contribution < -0.4 is 0 Å². The van der Waals surface area contributed by atoms with Crippen molar-refractivity contribution in [3.8, 4) is 0 Å². The molecule has 6 nitrogen and oxygen atoms in total. The van der Waals surface area contributed by atoms with Crippen LogP contribution in [0.2, 0.25) is 0 Å². The molecule has 1 saturated heterocycles. The number of nitrogens with zero attached hydrogens (tertiary/aromatic N) is 1. The zero-order valence-corrected chi connectivity index (χ0v) is 14.4. The van der Waals surface area contributed by atoms with Crippen molar-refractivity contribution < 1.29 is 21.6 Å². The van der Waals surface area contributed by atoms with Crippen molar-refractivity contribution in [2.75, 3.05) is 18.6 Å². The Hall–Kier alpha value is -1.25. The number of carbonyl (C=O) groups is 1. The monoisotopic (exact) mass is 357 g/mol. The molecule has 0 aromatic heterocycles. The molecule has 8 heteroatoms. The molecule has 2 aliphatic rings. The molecule has 0 spiro atoms. The van der Waals surface area contributed by atoms with Crippen LogP contribution in [0, 0.1) is 5.92 Å². The van der Waals surface area contributed by atoms with Gasteiger partial charge in [0.2, 0.25) is 10.0 Å². The molecular formula is C15H19NO5S2. The Kier molecular flexibility index (Phi) is 4.10. The van der Waals surface area contributed by atoms with E-state index in [9.17, 15) is 21.6 Å². The molecule has 23 heavy (non-hydrogen) atoms. The Morgan fingerprint density at radius 3 is 2.22 bits per heavy atom. The highest BCUT2D eigenvalue weighted by molar-refractivity contribution is 7.92. The van der Waals surface area contributed by atoms with Crippen LogP contribution in [0.4, 0.5) is 0 Å². The maximum absolute atomic E-state index is 12.6. The third-order valence-corrected chi connectivity index (χ3v) is 8.16. The first-order valence-corrected chi connectivity index (χ1v) is 10.8. The van der Waals surface area contributed by atoms with Crippen molar-refractivity contribution in [2.45, 2.75) is 30.2 Å². The predicted octanol–water partition coefficient (Wildman–Crippen LogP) is 1.09. The van der Waals surface area contributed by atoms with Crippen molar-refractivity contribution in [1.29, 1.82) is 0 Å². The summed E-state index contributed by atoms with van der Waals surface area (Å²) in [6, 6.07) is 5.38. The average Bonchev–Trinajstić information content (AvgIpc) is 3.29. The molecule has 1 saturated carbocycles. The third kappa shape index (κ3) is 3.34. The zero-order valence-electron chi connectivity index (χ0n) is 12.8. The highest BCUT2D eigenvalue weighted by atomic mass is 32.2. The van der Waals surface area contributed by atoms with E-state index in [1.54, 1.807) is 0 Å². The zero-order chi connectivity index (χ0) is 16.8. The Bertz CT molecular complexity index is 823. The lowest BCUT2D eigenvalue weighted by molar-refractivity contribution is 0.0967. The van der Waals surface area contributed by atoms with E-state index < -0.39 is 25.9 Å². The summed E-state index contributed by atoms with van der Waals surface area (Å²) in [4.78, 5) is 12.0. The number of hydrogen-bond acceptors (Lipinski definition) is 5. The molecule has 1 heterocycles. The van der Waals surface area contributed by atoms with Gasteiger partial charge >= 0.3 is 0 Å². The van der Waals surface area contributed by atoms with Crippen LogP contribution in [0.25, 0.3) is 0 Å². The molecule has 1 unspecified atom stereocenters. The Balaban J connectivity index is 1.80. The maximum atomic E-state index is 12.6. The average molecular weight is 357 g/mol. The van der Waals surface area contributed by atoms with Gasteiger partial charge in [-0.05, 0) is 31.4 Å². The van der Waals surface area contributed by atoms with E-state index >= 15 is 0 Å². The first kappa shape index (κ1) is 16.6. The van der Waals surface area contributed by atoms with Crippen molar-refractivity contribution in [2.24, 2.45) is 5.92 Å². The van der Waals surface area contributed by atoms with Gasteiger partial charge in [-0.2, -0.15) is 4.31 Å². The molecule has 0 radical (unpaired) electrons. The summed E-state index contributed by atoms with van der Waals surface area (Å²) in [6.45, 7) is 0. The van der Waals surface area contributed by atoms with Crippen molar-refractivity contribution in [3.05, 3.63) is 29.8 Å². The van der Waals surface area contributed by atoms with E-state index in [-0.39, 0.29) is 28.1 Å². The number of sulfone groups is 1. The number of benzene rings is 1. The minimum atomic E-state index is -3.76. The molecule has 1 aliphatic carbocycles. The van der Waals surface area contributed by atoms with Gasteiger partial charge < -0.3 is 0 Å². The summed E-state index contributed by atoms with van der Waals surface area (Å²) in [5, 5.41) is 0. The molecule has 1 aliphatic heterocycles. The Labute approximate surface area is 136 Å². The molecule has 0 bridgehead atoms. The minimum absolute atomic E-state index is 0.0202. The van der Waals surface area contributed by atoms with E-state index in [0.717, 1.165) is 17.1 Å². The summed E-state index contributed by atoms with van der Waals surface area (Å²) in [6.07, 6.45) is 2.12.